The molecule has 1 N–H and O–H groups in total. The van der Waals surface area contributed by atoms with Crippen LogP contribution in [0, 0.1) is 0 Å². The van der Waals surface area contributed by atoms with E-state index in [0.29, 0.717) is 12.8 Å². The number of nitrogens with one attached hydrogen (secondary N) is 1. The minimum atomic E-state index is -2.99. The van der Waals surface area contributed by atoms with Crippen LogP contribution >= 0.6 is 0 Å². The topological polar surface area (TPSA) is 93.0 Å². The lowest BCUT2D eigenvalue weighted by Crippen LogP contribution is -2.24. The summed E-state index contributed by atoms with van der Waals surface area (Å²) >= 11 is 0. The molecular weight excluding hydrogens is 208 g/mol. The molecule has 0 saturated carbocycles. The second-order valence-corrected chi connectivity index (χ2v) is 5.64. The van der Waals surface area contributed by atoms with Crippen molar-refractivity contribution in [2.45, 2.75) is 18.8 Å². The van der Waals surface area contributed by atoms with Crippen molar-refractivity contribution in [3.63, 3.8) is 0 Å². The van der Waals surface area contributed by atoms with Gasteiger partial charge in [-0.05, 0) is 12.8 Å². The molecule has 1 aliphatic rings. The monoisotopic (exact) mass is 218 g/mol. The fraction of sp³-hybridized carbons (Fsp3) is 0.714. The molecule has 7 heteroatoms. The molecule has 1 aromatic rings. The van der Waals surface area contributed by atoms with E-state index in [4.69, 9.17) is 4.52 Å². The predicted molar refractivity (Wildman–Crippen MR) is 47.8 cm³/mol. The molecule has 0 spiro atoms. The van der Waals surface area contributed by atoms with E-state index in [1.807, 2.05) is 0 Å². The molecule has 0 aliphatic carbocycles. The summed E-state index contributed by atoms with van der Waals surface area (Å²) in [4.78, 5) is 14.2. The fourth-order valence-electron chi connectivity index (χ4n) is 1.63. The molecular formula is C7H10N2O4S. The second-order valence-electron chi connectivity index (χ2n) is 3.41. The van der Waals surface area contributed by atoms with Gasteiger partial charge in [0.15, 0.2) is 9.84 Å². The standard InChI is InChI=1S/C7H10N2O4S/c10-7-8-6(13-9-7)5-2-1-3-14(11,12)4-5/h5H,1-4H2,(H,9,10). The van der Waals surface area contributed by atoms with E-state index in [9.17, 15) is 13.2 Å². The smallest absolute Gasteiger partial charge is 0.362 e. The summed E-state index contributed by atoms with van der Waals surface area (Å²) < 4.78 is 27.4. The Labute approximate surface area is 80.2 Å². The van der Waals surface area contributed by atoms with Crippen molar-refractivity contribution < 1.29 is 12.9 Å². The largest absolute Gasteiger partial charge is 0.377 e. The van der Waals surface area contributed by atoms with Crippen LogP contribution in [-0.4, -0.2) is 30.1 Å². The van der Waals surface area contributed by atoms with E-state index in [1.165, 1.54) is 0 Å². The molecule has 78 valence electrons. The van der Waals surface area contributed by atoms with Gasteiger partial charge < -0.3 is 4.52 Å². The normalized spacial score (nSPS) is 26.1. The molecule has 14 heavy (non-hydrogen) atoms. The number of rotatable bonds is 1. The number of sulfone groups is 1. The van der Waals surface area contributed by atoms with E-state index in [0.717, 1.165) is 0 Å². The van der Waals surface area contributed by atoms with E-state index in [1.54, 1.807) is 0 Å². The van der Waals surface area contributed by atoms with Gasteiger partial charge in [0.2, 0.25) is 5.89 Å². The minimum Gasteiger partial charge on any atom is -0.362 e. The Hall–Kier alpha value is -1.11. The number of aromatic nitrogens is 2. The Morgan fingerprint density at radius 3 is 2.86 bits per heavy atom. The molecule has 2 heterocycles. The van der Waals surface area contributed by atoms with Gasteiger partial charge in [-0.1, -0.05) is 0 Å². The maximum absolute atomic E-state index is 11.3. The molecule has 1 aliphatic heterocycles. The zero-order valence-corrected chi connectivity index (χ0v) is 8.21. The number of aromatic amines is 1. The molecule has 1 aromatic heterocycles. The Kier molecular flexibility index (Phi) is 2.18. The van der Waals surface area contributed by atoms with E-state index < -0.39 is 15.5 Å². The Morgan fingerprint density at radius 1 is 1.50 bits per heavy atom. The highest BCUT2D eigenvalue weighted by Crippen LogP contribution is 2.25. The zero-order chi connectivity index (χ0) is 10.2. The van der Waals surface area contributed by atoms with Crippen LogP contribution in [0.2, 0.25) is 0 Å². The first kappa shape index (κ1) is 9.45. The maximum atomic E-state index is 11.3. The highest BCUT2D eigenvalue weighted by Gasteiger charge is 2.29. The molecule has 0 radical (unpaired) electrons. The van der Waals surface area contributed by atoms with E-state index >= 15 is 0 Å². The Bertz CT molecular complexity index is 472. The highest BCUT2D eigenvalue weighted by atomic mass is 32.2. The maximum Gasteiger partial charge on any atom is 0.377 e. The molecule has 1 fully saturated rings. The van der Waals surface area contributed by atoms with Crippen LogP contribution in [0.3, 0.4) is 0 Å². The van der Waals surface area contributed by atoms with Crippen molar-refractivity contribution in [3.05, 3.63) is 16.4 Å². The lowest BCUT2D eigenvalue weighted by Gasteiger charge is -2.17. The molecule has 0 bridgehead atoms. The van der Waals surface area contributed by atoms with Crippen LogP contribution in [0.15, 0.2) is 9.32 Å². The highest BCUT2D eigenvalue weighted by molar-refractivity contribution is 7.91. The molecule has 0 aromatic carbocycles. The van der Waals surface area contributed by atoms with E-state index in [-0.39, 0.29) is 23.3 Å². The summed E-state index contributed by atoms with van der Waals surface area (Å²) in [6.07, 6.45) is 1.30. The quantitative estimate of drug-likeness (QED) is 0.695. The predicted octanol–water partition coefficient (Wildman–Crippen LogP) is -0.345. The average Bonchev–Trinajstić information content (AvgIpc) is 2.50. The SMILES string of the molecule is O=c1nc(C2CCCS(=O)(=O)C2)o[nH]1. The summed E-state index contributed by atoms with van der Waals surface area (Å²) in [7, 11) is -2.99. The third-order valence-corrected chi connectivity index (χ3v) is 4.09. The molecule has 6 nitrogen and oxygen atoms in total. The van der Waals surface area contributed by atoms with Crippen LogP contribution in [0.4, 0.5) is 0 Å². The van der Waals surface area contributed by atoms with Crippen molar-refractivity contribution in [1.29, 1.82) is 0 Å². The second kappa shape index (κ2) is 3.23. The van der Waals surface area contributed by atoms with Crippen LogP contribution in [0.25, 0.3) is 0 Å². The number of hydrogen-bond donors (Lipinski definition) is 1. The number of nitrogens with zero attached hydrogens (tertiary/aromatic N) is 1. The van der Waals surface area contributed by atoms with Crippen molar-refractivity contribution in [3.8, 4) is 0 Å². The van der Waals surface area contributed by atoms with Crippen molar-refractivity contribution >= 4 is 9.84 Å². The third-order valence-electron chi connectivity index (χ3n) is 2.27. The summed E-state index contributed by atoms with van der Waals surface area (Å²) in [5.41, 5.74) is -0.567. The van der Waals surface area contributed by atoms with Crippen LogP contribution < -0.4 is 5.69 Å². The summed E-state index contributed by atoms with van der Waals surface area (Å²) in [6, 6.07) is 0. The van der Waals surface area contributed by atoms with Crippen LogP contribution in [-0.2, 0) is 9.84 Å². The molecule has 2 rings (SSSR count). The average molecular weight is 218 g/mol. The molecule has 1 atom stereocenters. The first-order valence-electron chi connectivity index (χ1n) is 4.33. The van der Waals surface area contributed by atoms with Crippen molar-refractivity contribution in [1.82, 2.24) is 10.1 Å². The summed E-state index contributed by atoms with van der Waals surface area (Å²) in [5.74, 6) is 0.185. The van der Waals surface area contributed by atoms with Gasteiger partial charge in [0.05, 0.1) is 17.4 Å². The molecule has 1 unspecified atom stereocenters. The van der Waals surface area contributed by atoms with Gasteiger partial charge in [0, 0.05) is 0 Å². The minimum absolute atomic E-state index is 0.0286. The summed E-state index contributed by atoms with van der Waals surface area (Å²) in [6.45, 7) is 0. The van der Waals surface area contributed by atoms with Crippen LogP contribution in [0.5, 0.6) is 0 Å². The Balaban J connectivity index is 2.24. The van der Waals surface area contributed by atoms with Gasteiger partial charge in [-0.2, -0.15) is 10.1 Å². The van der Waals surface area contributed by atoms with Gasteiger partial charge in [-0.15, -0.1) is 0 Å². The van der Waals surface area contributed by atoms with Gasteiger partial charge >= 0.3 is 5.69 Å². The van der Waals surface area contributed by atoms with Crippen LogP contribution in [0.1, 0.15) is 24.7 Å². The van der Waals surface area contributed by atoms with Gasteiger partial charge in [-0.25, -0.2) is 13.2 Å². The fourth-order valence-corrected chi connectivity index (χ4v) is 3.33. The Morgan fingerprint density at radius 2 is 2.29 bits per heavy atom. The van der Waals surface area contributed by atoms with Gasteiger partial charge in [0.25, 0.3) is 0 Å². The van der Waals surface area contributed by atoms with E-state index in [2.05, 4.69) is 10.1 Å². The molecule has 1 saturated heterocycles. The lowest BCUT2D eigenvalue weighted by molar-refractivity contribution is 0.347. The third kappa shape index (κ3) is 1.87. The van der Waals surface area contributed by atoms with Gasteiger partial charge in [0.1, 0.15) is 0 Å². The lowest BCUT2D eigenvalue weighted by atomic mass is 10.1. The van der Waals surface area contributed by atoms with Gasteiger partial charge in [-0.3, -0.25) is 0 Å². The zero-order valence-electron chi connectivity index (χ0n) is 7.39. The van der Waals surface area contributed by atoms with Crippen molar-refractivity contribution in [2.24, 2.45) is 0 Å². The van der Waals surface area contributed by atoms with Crippen molar-refractivity contribution in [2.75, 3.05) is 11.5 Å². The molecule has 0 amide bonds. The number of H-pyrrole nitrogens is 1. The first-order valence-corrected chi connectivity index (χ1v) is 6.15. The first-order chi connectivity index (χ1) is 6.57. The number of hydrogen-bond acceptors (Lipinski definition) is 5. The summed E-state index contributed by atoms with van der Waals surface area (Å²) in [5, 5.41) is 2.06.